The third-order valence-corrected chi connectivity index (χ3v) is 4.59. The average molecular weight is 277 g/mol. The van der Waals surface area contributed by atoms with Crippen molar-refractivity contribution in [2.24, 2.45) is 0 Å². The Kier molecular flexibility index (Phi) is 11.9. The van der Waals surface area contributed by atoms with Gasteiger partial charge in [-0.2, -0.15) is 0 Å². The molecule has 0 aromatic heterocycles. The van der Waals surface area contributed by atoms with Gasteiger partial charge in [0.1, 0.15) is 0 Å². The van der Waals surface area contributed by atoms with Gasteiger partial charge in [0.25, 0.3) is 0 Å². The number of sulfonamides is 1. The molecule has 0 aliphatic rings. The molecule has 0 heterocycles. The van der Waals surface area contributed by atoms with Crippen molar-refractivity contribution in [3.8, 4) is 0 Å². The molecular weight excluding hydrogens is 246 g/mol. The van der Waals surface area contributed by atoms with E-state index in [-0.39, 0.29) is 5.75 Å². The minimum atomic E-state index is -3.00. The monoisotopic (exact) mass is 277 g/mol. The van der Waals surface area contributed by atoms with E-state index >= 15 is 0 Å². The topological polar surface area (TPSA) is 46.2 Å². The summed E-state index contributed by atoms with van der Waals surface area (Å²) in [5.41, 5.74) is 0. The summed E-state index contributed by atoms with van der Waals surface area (Å²) in [5, 5.41) is 0. The molecule has 0 rings (SSSR count). The number of hydrogen-bond donors (Lipinski definition) is 1. The van der Waals surface area contributed by atoms with E-state index in [0.29, 0.717) is 6.54 Å². The smallest absolute Gasteiger partial charge is 0.211 e. The first-order chi connectivity index (χ1) is 8.62. The van der Waals surface area contributed by atoms with Crippen molar-refractivity contribution in [1.29, 1.82) is 0 Å². The Balaban J connectivity index is 3.29. The average Bonchev–Trinajstić information content (AvgIpc) is 2.34. The molecule has 0 aromatic carbocycles. The van der Waals surface area contributed by atoms with E-state index in [9.17, 15) is 8.42 Å². The summed E-state index contributed by atoms with van der Waals surface area (Å²) in [6.45, 7) is 4.85. The van der Waals surface area contributed by atoms with Gasteiger partial charge in [0.15, 0.2) is 0 Å². The van der Waals surface area contributed by atoms with E-state index in [1.807, 2.05) is 6.92 Å². The first-order valence-corrected chi connectivity index (χ1v) is 9.25. The normalized spacial score (nSPS) is 11.9. The standard InChI is InChI=1S/C14H31NO2S/c1-3-5-7-8-9-10-11-12-13-15-18(16,17)14-6-4-2/h15H,3-14H2,1-2H3. The quantitative estimate of drug-likeness (QED) is 0.520. The lowest BCUT2D eigenvalue weighted by Crippen LogP contribution is -2.27. The summed E-state index contributed by atoms with van der Waals surface area (Å²) >= 11 is 0. The molecule has 0 atom stereocenters. The van der Waals surface area contributed by atoms with Crippen LogP contribution in [0.2, 0.25) is 0 Å². The largest absolute Gasteiger partial charge is 0.215 e. The van der Waals surface area contributed by atoms with Crippen LogP contribution in [0, 0.1) is 0 Å². The van der Waals surface area contributed by atoms with Crippen molar-refractivity contribution in [2.75, 3.05) is 12.3 Å². The van der Waals surface area contributed by atoms with Crippen LogP contribution in [0.15, 0.2) is 0 Å². The first-order valence-electron chi connectivity index (χ1n) is 7.59. The molecule has 0 radical (unpaired) electrons. The Labute approximate surface area is 114 Å². The molecule has 0 fully saturated rings. The highest BCUT2D eigenvalue weighted by Gasteiger charge is 2.07. The van der Waals surface area contributed by atoms with E-state index in [1.165, 1.54) is 38.5 Å². The zero-order valence-electron chi connectivity index (χ0n) is 12.2. The van der Waals surface area contributed by atoms with Gasteiger partial charge < -0.3 is 0 Å². The SMILES string of the molecule is CCCCCCCCCCNS(=O)(=O)CCCC. The summed E-state index contributed by atoms with van der Waals surface area (Å²) in [6, 6.07) is 0. The van der Waals surface area contributed by atoms with E-state index in [1.54, 1.807) is 0 Å². The Morgan fingerprint density at radius 2 is 1.22 bits per heavy atom. The highest BCUT2D eigenvalue weighted by atomic mass is 32.2. The number of hydrogen-bond acceptors (Lipinski definition) is 2. The summed E-state index contributed by atoms with van der Waals surface area (Å²) in [6.07, 6.45) is 11.6. The van der Waals surface area contributed by atoms with E-state index in [2.05, 4.69) is 11.6 Å². The van der Waals surface area contributed by atoms with Crippen LogP contribution in [0.5, 0.6) is 0 Å². The molecule has 4 heteroatoms. The van der Waals surface area contributed by atoms with E-state index < -0.39 is 10.0 Å². The van der Waals surface area contributed by atoms with Gasteiger partial charge in [-0.3, -0.25) is 0 Å². The molecule has 0 unspecified atom stereocenters. The van der Waals surface area contributed by atoms with Crippen LogP contribution >= 0.6 is 0 Å². The van der Waals surface area contributed by atoms with Gasteiger partial charge in [-0.15, -0.1) is 0 Å². The second kappa shape index (κ2) is 12.0. The number of rotatable bonds is 13. The third-order valence-electron chi connectivity index (χ3n) is 3.12. The molecule has 0 saturated heterocycles. The molecule has 1 N–H and O–H groups in total. The molecule has 0 aromatic rings. The first kappa shape index (κ1) is 17.9. The van der Waals surface area contributed by atoms with Gasteiger partial charge in [0.2, 0.25) is 10.0 Å². The minimum absolute atomic E-state index is 0.278. The Hall–Kier alpha value is -0.0900. The van der Waals surface area contributed by atoms with Crippen LogP contribution in [0.25, 0.3) is 0 Å². The fourth-order valence-electron chi connectivity index (χ4n) is 1.89. The molecule has 0 saturated carbocycles. The van der Waals surface area contributed by atoms with Crippen molar-refractivity contribution in [2.45, 2.75) is 78.1 Å². The fraction of sp³-hybridized carbons (Fsp3) is 1.00. The third kappa shape index (κ3) is 12.4. The summed E-state index contributed by atoms with van der Waals surface area (Å²) < 4.78 is 25.6. The maximum absolute atomic E-state index is 11.5. The van der Waals surface area contributed by atoms with Gasteiger partial charge in [0.05, 0.1) is 5.75 Å². The second-order valence-electron chi connectivity index (χ2n) is 5.04. The molecule has 3 nitrogen and oxygen atoms in total. The minimum Gasteiger partial charge on any atom is -0.215 e. The Morgan fingerprint density at radius 3 is 1.78 bits per heavy atom. The van der Waals surface area contributed by atoms with Crippen LogP contribution in [0.3, 0.4) is 0 Å². The maximum Gasteiger partial charge on any atom is 0.211 e. The highest BCUT2D eigenvalue weighted by Crippen LogP contribution is 2.08. The van der Waals surface area contributed by atoms with E-state index in [4.69, 9.17) is 0 Å². The van der Waals surface area contributed by atoms with E-state index in [0.717, 1.165) is 25.7 Å². The van der Waals surface area contributed by atoms with Crippen LogP contribution in [0.4, 0.5) is 0 Å². The fourth-order valence-corrected chi connectivity index (χ4v) is 3.16. The van der Waals surface area contributed by atoms with Gasteiger partial charge in [-0.1, -0.05) is 65.2 Å². The van der Waals surface area contributed by atoms with Crippen molar-refractivity contribution in [1.82, 2.24) is 4.72 Å². The second-order valence-corrected chi connectivity index (χ2v) is 6.97. The predicted octanol–water partition coefficient (Wildman–Crippen LogP) is 3.85. The zero-order valence-corrected chi connectivity index (χ0v) is 13.0. The van der Waals surface area contributed by atoms with Crippen LogP contribution in [-0.2, 0) is 10.0 Å². The predicted molar refractivity (Wildman–Crippen MR) is 79.3 cm³/mol. The van der Waals surface area contributed by atoms with Crippen molar-refractivity contribution in [3.63, 3.8) is 0 Å². The molecule has 0 spiro atoms. The molecular formula is C14H31NO2S. The van der Waals surface area contributed by atoms with Gasteiger partial charge in [-0.25, -0.2) is 13.1 Å². The van der Waals surface area contributed by atoms with Crippen molar-refractivity contribution in [3.05, 3.63) is 0 Å². The number of unbranched alkanes of at least 4 members (excludes halogenated alkanes) is 8. The molecule has 110 valence electrons. The lowest BCUT2D eigenvalue weighted by atomic mass is 10.1. The lowest BCUT2D eigenvalue weighted by Gasteiger charge is -2.06. The Morgan fingerprint density at radius 1 is 0.722 bits per heavy atom. The number of nitrogens with one attached hydrogen (secondary N) is 1. The van der Waals surface area contributed by atoms with Gasteiger partial charge in [0, 0.05) is 6.54 Å². The highest BCUT2D eigenvalue weighted by molar-refractivity contribution is 7.89. The van der Waals surface area contributed by atoms with Crippen molar-refractivity contribution >= 4 is 10.0 Å². The molecule has 18 heavy (non-hydrogen) atoms. The summed E-state index contributed by atoms with van der Waals surface area (Å²) in [7, 11) is -3.00. The summed E-state index contributed by atoms with van der Waals surface area (Å²) in [4.78, 5) is 0. The molecule has 0 aliphatic heterocycles. The van der Waals surface area contributed by atoms with Crippen LogP contribution in [-0.4, -0.2) is 20.7 Å². The van der Waals surface area contributed by atoms with Crippen LogP contribution < -0.4 is 4.72 Å². The van der Waals surface area contributed by atoms with Gasteiger partial charge in [-0.05, 0) is 12.8 Å². The van der Waals surface area contributed by atoms with Crippen LogP contribution in [0.1, 0.15) is 78.1 Å². The lowest BCUT2D eigenvalue weighted by molar-refractivity contribution is 0.557. The molecule has 0 amide bonds. The zero-order chi connectivity index (χ0) is 13.7. The molecule has 0 aliphatic carbocycles. The summed E-state index contributed by atoms with van der Waals surface area (Å²) in [5.74, 6) is 0.278. The van der Waals surface area contributed by atoms with Gasteiger partial charge >= 0.3 is 0 Å². The Bertz CT molecular complexity index is 263. The van der Waals surface area contributed by atoms with Crippen molar-refractivity contribution < 1.29 is 8.42 Å². The molecule has 0 bridgehead atoms. The maximum atomic E-state index is 11.5.